The van der Waals surface area contributed by atoms with Crippen molar-refractivity contribution in [3.63, 3.8) is 0 Å². The molecule has 2 aromatic rings. The summed E-state index contributed by atoms with van der Waals surface area (Å²) in [5.41, 5.74) is 0.337. The Balaban J connectivity index is 2.05. The molecular weight excluding hydrogens is 279 g/mol. The maximum atomic E-state index is 12.8. The number of carbonyl (C=O) groups is 1. The van der Waals surface area contributed by atoms with Crippen LogP contribution in [0.15, 0.2) is 24.3 Å². The third-order valence-corrected chi connectivity index (χ3v) is 2.52. The Morgan fingerprint density at radius 2 is 1.67 bits per heavy atom. The molecule has 110 valence electrons. The van der Waals surface area contributed by atoms with Gasteiger partial charge in [-0.05, 0) is 24.3 Å². The lowest BCUT2D eigenvalue weighted by atomic mass is 10.2. The van der Waals surface area contributed by atoms with Crippen molar-refractivity contribution in [2.24, 2.45) is 0 Å². The van der Waals surface area contributed by atoms with Gasteiger partial charge < -0.3 is 14.8 Å². The van der Waals surface area contributed by atoms with Crippen molar-refractivity contribution in [2.75, 3.05) is 14.2 Å². The van der Waals surface area contributed by atoms with E-state index >= 15 is 0 Å². The minimum absolute atomic E-state index is 0.0610. The Bertz CT molecular complexity index is 612. The van der Waals surface area contributed by atoms with Crippen molar-refractivity contribution in [2.45, 2.75) is 6.54 Å². The number of benzene rings is 1. The van der Waals surface area contributed by atoms with Gasteiger partial charge in [-0.1, -0.05) is 0 Å². The number of halogens is 1. The minimum atomic E-state index is -0.404. The summed E-state index contributed by atoms with van der Waals surface area (Å²) in [7, 11) is 2.82. The zero-order valence-corrected chi connectivity index (χ0v) is 11.5. The largest absolute Gasteiger partial charge is 0.467 e. The van der Waals surface area contributed by atoms with Crippen LogP contribution in [0.4, 0.5) is 4.39 Å². The van der Waals surface area contributed by atoms with E-state index in [4.69, 9.17) is 9.47 Å². The van der Waals surface area contributed by atoms with E-state index in [9.17, 15) is 9.18 Å². The van der Waals surface area contributed by atoms with Gasteiger partial charge in [0, 0.05) is 5.56 Å². The minimum Gasteiger partial charge on any atom is -0.467 e. The molecule has 0 aliphatic heterocycles. The quantitative estimate of drug-likeness (QED) is 0.883. The molecular formula is C13H13FN4O3. The molecule has 1 amide bonds. The van der Waals surface area contributed by atoms with E-state index in [1.165, 1.54) is 38.5 Å². The first-order chi connectivity index (χ1) is 10.1. The van der Waals surface area contributed by atoms with E-state index in [-0.39, 0.29) is 30.3 Å². The van der Waals surface area contributed by atoms with E-state index in [1.807, 2.05) is 0 Å². The van der Waals surface area contributed by atoms with Gasteiger partial charge in [-0.15, -0.1) is 4.98 Å². The van der Waals surface area contributed by atoms with Crippen molar-refractivity contribution < 1.29 is 18.7 Å². The Kier molecular flexibility index (Phi) is 4.60. The highest BCUT2D eigenvalue weighted by atomic mass is 19.1. The van der Waals surface area contributed by atoms with Gasteiger partial charge in [-0.25, -0.2) is 4.39 Å². The van der Waals surface area contributed by atoms with Crippen molar-refractivity contribution in [1.29, 1.82) is 0 Å². The molecule has 0 unspecified atom stereocenters. The van der Waals surface area contributed by atoms with Gasteiger partial charge in [-0.2, -0.15) is 9.97 Å². The molecule has 0 bridgehead atoms. The predicted molar refractivity (Wildman–Crippen MR) is 70.5 cm³/mol. The normalized spacial score (nSPS) is 10.0. The Morgan fingerprint density at radius 1 is 1.10 bits per heavy atom. The summed E-state index contributed by atoms with van der Waals surface area (Å²) in [5, 5.41) is 2.61. The summed E-state index contributed by atoms with van der Waals surface area (Å²) in [5.74, 6) is -0.485. The van der Waals surface area contributed by atoms with Gasteiger partial charge in [0.15, 0.2) is 5.82 Å². The van der Waals surface area contributed by atoms with Crippen LogP contribution in [0, 0.1) is 5.82 Å². The molecule has 0 spiro atoms. The zero-order chi connectivity index (χ0) is 15.2. The summed E-state index contributed by atoms with van der Waals surface area (Å²) in [6.07, 6.45) is 0. The third-order valence-electron chi connectivity index (χ3n) is 2.52. The Morgan fingerprint density at radius 3 is 2.19 bits per heavy atom. The zero-order valence-electron chi connectivity index (χ0n) is 11.5. The lowest BCUT2D eigenvalue weighted by molar-refractivity contribution is 0.0949. The fraction of sp³-hybridized carbons (Fsp3) is 0.231. The van der Waals surface area contributed by atoms with Crippen molar-refractivity contribution in [1.82, 2.24) is 20.3 Å². The van der Waals surface area contributed by atoms with Gasteiger partial charge in [0.05, 0.1) is 20.8 Å². The number of nitrogens with one attached hydrogen (secondary N) is 1. The Hall–Kier alpha value is -2.77. The molecule has 1 aromatic carbocycles. The van der Waals surface area contributed by atoms with E-state index in [2.05, 4.69) is 20.3 Å². The molecule has 0 aliphatic carbocycles. The first-order valence-electron chi connectivity index (χ1n) is 5.99. The van der Waals surface area contributed by atoms with Crippen molar-refractivity contribution in [3.8, 4) is 12.0 Å². The summed E-state index contributed by atoms with van der Waals surface area (Å²) in [4.78, 5) is 23.7. The lowest BCUT2D eigenvalue weighted by Crippen LogP contribution is -2.24. The topological polar surface area (TPSA) is 86.2 Å². The van der Waals surface area contributed by atoms with Gasteiger partial charge >= 0.3 is 12.0 Å². The van der Waals surface area contributed by atoms with E-state index in [0.717, 1.165) is 0 Å². The van der Waals surface area contributed by atoms with Crippen LogP contribution in [0.5, 0.6) is 12.0 Å². The molecule has 0 saturated carbocycles. The molecule has 0 fully saturated rings. The fourth-order valence-corrected chi connectivity index (χ4v) is 1.50. The highest BCUT2D eigenvalue weighted by molar-refractivity contribution is 5.94. The molecule has 7 nitrogen and oxygen atoms in total. The second-order valence-corrected chi connectivity index (χ2v) is 3.91. The highest BCUT2D eigenvalue weighted by Crippen LogP contribution is 2.09. The molecule has 2 rings (SSSR count). The number of ether oxygens (including phenoxy) is 2. The van der Waals surface area contributed by atoms with Crippen LogP contribution < -0.4 is 14.8 Å². The number of hydrogen-bond donors (Lipinski definition) is 1. The number of carbonyl (C=O) groups excluding carboxylic acids is 1. The van der Waals surface area contributed by atoms with E-state index in [0.29, 0.717) is 5.56 Å². The second kappa shape index (κ2) is 6.60. The van der Waals surface area contributed by atoms with Gasteiger partial charge in [0.2, 0.25) is 0 Å². The first kappa shape index (κ1) is 14.6. The monoisotopic (exact) mass is 292 g/mol. The summed E-state index contributed by atoms with van der Waals surface area (Å²) in [6, 6.07) is 5.38. The number of methoxy groups -OCH3 is 2. The SMILES string of the molecule is COc1nc(CNC(=O)c2ccc(F)cc2)nc(OC)n1. The maximum Gasteiger partial charge on any atom is 0.322 e. The van der Waals surface area contributed by atoms with Gasteiger partial charge in [0.1, 0.15) is 5.82 Å². The van der Waals surface area contributed by atoms with Crippen LogP contribution >= 0.6 is 0 Å². The number of amides is 1. The van der Waals surface area contributed by atoms with Crippen LogP contribution in [0.2, 0.25) is 0 Å². The van der Waals surface area contributed by atoms with Crippen LogP contribution in [0.25, 0.3) is 0 Å². The maximum absolute atomic E-state index is 12.8. The van der Waals surface area contributed by atoms with E-state index < -0.39 is 5.82 Å². The molecule has 1 aromatic heterocycles. The number of hydrogen-bond acceptors (Lipinski definition) is 6. The van der Waals surface area contributed by atoms with Crippen LogP contribution in [-0.2, 0) is 6.54 Å². The van der Waals surface area contributed by atoms with Crippen molar-refractivity contribution >= 4 is 5.91 Å². The second-order valence-electron chi connectivity index (χ2n) is 3.91. The summed E-state index contributed by atoms with van der Waals surface area (Å²) in [6.45, 7) is 0.0610. The molecule has 0 saturated heterocycles. The molecule has 0 aliphatic rings. The number of rotatable bonds is 5. The molecule has 0 radical (unpaired) electrons. The van der Waals surface area contributed by atoms with E-state index in [1.54, 1.807) is 0 Å². The fourth-order valence-electron chi connectivity index (χ4n) is 1.50. The molecule has 8 heteroatoms. The number of nitrogens with zero attached hydrogens (tertiary/aromatic N) is 3. The molecule has 1 heterocycles. The van der Waals surface area contributed by atoms with Gasteiger partial charge in [-0.3, -0.25) is 4.79 Å². The Labute approximate surface area is 120 Å². The summed E-state index contributed by atoms with van der Waals surface area (Å²) >= 11 is 0. The lowest BCUT2D eigenvalue weighted by Gasteiger charge is -2.06. The first-order valence-corrected chi connectivity index (χ1v) is 5.99. The average Bonchev–Trinajstić information content (AvgIpc) is 2.52. The van der Waals surface area contributed by atoms with Crippen LogP contribution in [0.1, 0.15) is 16.2 Å². The summed E-state index contributed by atoms with van der Waals surface area (Å²) < 4.78 is 22.6. The molecule has 1 N–H and O–H groups in total. The standard InChI is InChI=1S/C13H13FN4O3/c1-20-12-16-10(17-13(18-12)21-2)7-15-11(19)8-3-5-9(14)6-4-8/h3-6H,7H2,1-2H3,(H,15,19). The van der Waals surface area contributed by atoms with Crippen molar-refractivity contribution in [3.05, 3.63) is 41.5 Å². The highest BCUT2D eigenvalue weighted by Gasteiger charge is 2.10. The third kappa shape index (κ3) is 3.85. The van der Waals surface area contributed by atoms with Crippen LogP contribution in [0.3, 0.4) is 0 Å². The molecule has 21 heavy (non-hydrogen) atoms. The smallest absolute Gasteiger partial charge is 0.322 e. The number of aromatic nitrogens is 3. The van der Waals surface area contributed by atoms with Crippen LogP contribution in [-0.4, -0.2) is 35.1 Å². The molecule has 0 atom stereocenters. The average molecular weight is 292 g/mol. The predicted octanol–water partition coefficient (Wildman–Crippen LogP) is 0.958. The van der Waals surface area contributed by atoms with Gasteiger partial charge in [0.25, 0.3) is 5.91 Å².